The van der Waals surface area contributed by atoms with E-state index in [9.17, 15) is 9.59 Å². The van der Waals surface area contributed by atoms with E-state index in [1.165, 1.54) is 11.3 Å². The van der Waals surface area contributed by atoms with Gasteiger partial charge in [-0.15, -0.1) is 11.3 Å². The number of carbonyl (C=O) groups excluding carboxylic acids is 2. The fourth-order valence-electron chi connectivity index (χ4n) is 2.48. The molecule has 3 aromatic rings. The van der Waals surface area contributed by atoms with Crippen molar-refractivity contribution in [2.45, 2.75) is 19.8 Å². The van der Waals surface area contributed by atoms with Crippen molar-refractivity contribution in [2.24, 2.45) is 0 Å². The Labute approximate surface area is 168 Å². The van der Waals surface area contributed by atoms with Crippen LogP contribution in [0.4, 0.5) is 11.4 Å². The Balaban J connectivity index is 1.54. The smallest absolute Gasteiger partial charge is 0.265 e. The van der Waals surface area contributed by atoms with Gasteiger partial charge in [0.25, 0.3) is 11.8 Å². The molecule has 0 radical (unpaired) electrons. The highest BCUT2D eigenvalue weighted by molar-refractivity contribution is 7.12. The number of carbonyl (C=O) groups is 2. The molecule has 6 heteroatoms. The van der Waals surface area contributed by atoms with E-state index in [-0.39, 0.29) is 11.8 Å². The zero-order valence-electron chi connectivity index (χ0n) is 15.6. The molecule has 0 aliphatic carbocycles. The summed E-state index contributed by atoms with van der Waals surface area (Å²) in [4.78, 5) is 25.1. The standard InChI is InChI=1S/C22H22N2O3S/c1-2-3-14-27-19-12-6-16(7-13-19)21(25)23-17-8-10-18(11-9-17)24-22(26)20-5-4-15-28-20/h4-13,15H,2-3,14H2,1H3,(H,23,25)(H,24,26). The molecule has 0 fully saturated rings. The highest BCUT2D eigenvalue weighted by atomic mass is 32.1. The Bertz CT molecular complexity index is 904. The van der Waals surface area contributed by atoms with Crippen molar-refractivity contribution in [3.8, 4) is 5.75 Å². The Morgan fingerprint density at radius 1 is 0.893 bits per heavy atom. The van der Waals surface area contributed by atoms with E-state index in [0.29, 0.717) is 28.4 Å². The first-order valence-electron chi connectivity index (χ1n) is 9.15. The molecule has 0 atom stereocenters. The van der Waals surface area contributed by atoms with Crippen molar-refractivity contribution in [1.29, 1.82) is 0 Å². The van der Waals surface area contributed by atoms with Gasteiger partial charge in [-0.1, -0.05) is 19.4 Å². The van der Waals surface area contributed by atoms with Crippen LogP contribution in [0, 0.1) is 0 Å². The number of anilines is 2. The summed E-state index contributed by atoms with van der Waals surface area (Å²) in [6, 6.07) is 17.7. The maximum Gasteiger partial charge on any atom is 0.265 e. The largest absolute Gasteiger partial charge is 0.494 e. The lowest BCUT2D eigenvalue weighted by Gasteiger charge is -2.09. The van der Waals surface area contributed by atoms with Crippen molar-refractivity contribution in [2.75, 3.05) is 17.2 Å². The number of hydrogen-bond donors (Lipinski definition) is 2. The first-order chi connectivity index (χ1) is 13.7. The van der Waals surface area contributed by atoms with E-state index < -0.39 is 0 Å². The summed E-state index contributed by atoms with van der Waals surface area (Å²) in [6.45, 7) is 2.79. The van der Waals surface area contributed by atoms with Crippen LogP contribution in [0.2, 0.25) is 0 Å². The van der Waals surface area contributed by atoms with Crippen molar-refractivity contribution >= 4 is 34.5 Å². The zero-order valence-corrected chi connectivity index (χ0v) is 16.4. The summed E-state index contributed by atoms with van der Waals surface area (Å²) in [5, 5.41) is 7.53. The van der Waals surface area contributed by atoms with Crippen LogP contribution in [-0.2, 0) is 0 Å². The van der Waals surface area contributed by atoms with E-state index in [1.807, 2.05) is 11.4 Å². The molecule has 2 aromatic carbocycles. The van der Waals surface area contributed by atoms with Crippen molar-refractivity contribution in [3.05, 3.63) is 76.5 Å². The van der Waals surface area contributed by atoms with Gasteiger partial charge < -0.3 is 15.4 Å². The lowest BCUT2D eigenvalue weighted by atomic mass is 10.2. The van der Waals surface area contributed by atoms with Crippen LogP contribution in [-0.4, -0.2) is 18.4 Å². The number of thiophene rings is 1. The minimum absolute atomic E-state index is 0.145. The summed E-state index contributed by atoms with van der Waals surface area (Å²) < 4.78 is 5.61. The molecule has 3 rings (SSSR count). The molecule has 2 amide bonds. The third kappa shape index (κ3) is 5.44. The molecule has 0 bridgehead atoms. The molecule has 2 N–H and O–H groups in total. The summed E-state index contributed by atoms with van der Waals surface area (Å²) in [5.41, 5.74) is 1.88. The topological polar surface area (TPSA) is 67.4 Å². The SMILES string of the molecule is CCCCOc1ccc(C(=O)Nc2ccc(NC(=O)c3cccs3)cc2)cc1. The van der Waals surface area contributed by atoms with Gasteiger partial charge in [-0.2, -0.15) is 0 Å². The second-order valence-corrected chi connectivity index (χ2v) is 7.14. The monoisotopic (exact) mass is 394 g/mol. The Morgan fingerprint density at radius 2 is 1.54 bits per heavy atom. The fourth-order valence-corrected chi connectivity index (χ4v) is 3.10. The van der Waals surface area contributed by atoms with Gasteiger partial charge in [0.05, 0.1) is 11.5 Å². The molecular weight excluding hydrogens is 372 g/mol. The molecule has 144 valence electrons. The summed E-state index contributed by atoms with van der Waals surface area (Å²) in [7, 11) is 0. The van der Waals surface area contributed by atoms with Gasteiger partial charge in [-0.3, -0.25) is 9.59 Å². The lowest BCUT2D eigenvalue weighted by molar-refractivity contribution is 0.102. The summed E-state index contributed by atoms with van der Waals surface area (Å²) >= 11 is 1.39. The number of hydrogen-bond acceptors (Lipinski definition) is 4. The van der Waals surface area contributed by atoms with Crippen LogP contribution >= 0.6 is 11.3 Å². The van der Waals surface area contributed by atoms with E-state index in [1.54, 1.807) is 54.6 Å². The average molecular weight is 394 g/mol. The quantitative estimate of drug-likeness (QED) is 0.501. The number of benzene rings is 2. The highest BCUT2D eigenvalue weighted by Crippen LogP contribution is 2.18. The minimum atomic E-state index is -0.199. The van der Waals surface area contributed by atoms with Crippen LogP contribution in [0.3, 0.4) is 0 Å². The van der Waals surface area contributed by atoms with E-state index in [0.717, 1.165) is 18.6 Å². The van der Waals surface area contributed by atoms with Gasteiger partial charge in [-0.05, 0) is 66.4 Å². The Morgan fingerprint density at radius 3 is 2.11 bits per heavy atom. The molecule has 0 unspecified atom stereocenters. The zero-order chi connectivity index (χ0) is 19.8. The van der Waals surface area contributed by atoms with Gasteiger partial charge in [0, 0.05) is 16.9 Å². The van der Waals surface area contributed by atoms with E-state index in [2.05, 4.69) is 17.6 Å². The van der Waals surface area contributed by atoms with Crippen molar-refractivity contribution < 1.29 is 14.3 Å². The van der Waals surface area contributed by atoms with Crippen molar-refractivity contribution in [1.82, 2.24) is 0 Å². The number of ether oxygens (including phenoxy) is 1. The third-order valence-electron chi connectivity index (χ3n) is 4.03. The Kier molecular flexibility index (Phi) is 6.81. The summed E-state index contributed by atoms with van der Waals surface area (Å²) in [5.74, 6) is 0.416. The minimum Gasteiger partial charge on any atom is -0.494 e. The van der Waals surface area contributed by atoms with Crippen LogP contribution in [0.5, 0.6) is 5.75 Å². The van der Waals surface area contributed by atoms with Crippen LogP contribution in [0.25, 0.3) is 0 Å². The fraction of sp³-hybridized carbons (Fsp3) is 0.182. The average Bonchev–Trinajstić information content (AvgIpc) is 3.25. The Hall–Kier alpha value is -3.12. The lowest BCUT2D eigenvalue weighted by Crippen LogP contribution is -2.12. The molecule has 0 aliphatic heterocycles. The molecular formula is C22H22N2O3S. The number of nitrogens with one attached hydrogen (secondary N) is 2. The second-order valence-electron chi connectivity index (χ2n) is 6.19. The second kappa shape index (κ2) is 9.71. The molecule has 28 heavy (non-hydrogen) atoms. The van der Waals surface area contributed by atoms with Crippen LogP contribution < -0.4 is 15.4 Å². The van der Waals surface area contributed by atoms with Crippen LogP contribution in [0.15, 0.2) is 66.0 Å². The predicted octanol–water partition coefficient (Wildman–Crippen LogP) is 5.43. The molecule has 1 heterocycles. The van der Waals surface area contributed by atoms with E-state index in [4.69, 9.17) is 4.74 Å². The molecule has 5 nitrogen and oxygen atoms in total. The first kappa shape index (κ1) is 19.6. The molecule has 0 spiro atoms. The van der Waals surface area contributed by atoms with E-state index >= 15 is 0 Å². The van der Waals surface area contributed by atoms with Gasteiger partial charge >= 0.3 is 0 Å². The van der Waals surface area contributed by atoms with Gasteiger partial charge in [0.1, 0.15) is 5.75 Å². The number of unbranched alkanes of at least 4 members (excludes halogenated alkanes) is 1. The number of rotatable bonds is 8. The predicted molar refractivity (Wildman–Crippen MR) is 114 cm³/mol. The maximum atomic E-state index is 12.4. The van der Waals surface area contributed by atoms with Gasteiger partial charge in [0.2, 0.25) is 0 Å². The van der Waals surface area contributed by atoms with Gasteiger partial charge in [0.15, 0.2) is 0 Å². The van der Waals surface area contributed by atoms with Gasteiger partial charge in [-0.25, -0.2) is 0 Å². The normalized spacial score (nSPS) is 10.3. The first-order valence-corrected chi connectivity index (χ1v) is 10.0. The molecule has 0 aliphatic rings. The third-order valence-corrected chi connectivity index (χ3v) is 4.90. The molecule has 1 aromatic heterocycles. The van der Waals surface area contributed by atoms with Crippen LogP contribution in [0.1, 0.15) is 39.8 Å². The molecule has 0 saturated carbocycles. The maximum absolute atomic E-state index is 12.4. The summed E-state index contributed by atoms with van der Waals surface area (Å²) in [6.07, 6.45) is 2.09. The highest BCUT2D eigenvalue weighted by Gasteiger charge is 2.09. The van der Waals surface area contributed by atoms with Crippen molar-refractivity contribution in [3.63, 3.8) is 0 Å². The molecule has 0 saturated heterocycles. The number of amides is 2.